The summed E-state index contributed by atoms with van der Waals surface area (Å²) in [6.07, 6.45) is 3.22. The first-order valence-electron chi connectivity index (χ1n) is 7.18. The Morgan fingerprint density at radius 2 is 1.67 bits per heavy atom. The minimum absolute atomic E-state index is 0.00246. The molecule has 0 aliphatic rings. The van der Waals surface area contributed by atoms with Crippen LogP contribution in [0.2, 0.25) is 0 Å². The van der Waals surface area contributed by atoms with Crippen LogP contribution in [0.5, 0.6) is 5.75 Å². The van der Waals surface area contributed by atoms with Crippen molar-refractivity contribution in [2.45, 2.75) is 34.6 Å². The van der Waals surface area contributed by atoms with Crippen LogP contribution < -0.4 is 4.74 Å². The van der Waals surface area contributed by atoms with E-state index in [0.29, 0.717) is 11.3 Å². The smallest absolute Gasteiger partial charge is 0.161 e. The molecule has 0 saturated heterocycles. The number of ketones is 1. The van der Waals surface area contributed by atoms with Gasteiger partial charge >= 0.3 is 0 Å². The van der Waals surface area contributed by atoms with Crippen LogP contribution in [-0.2, 0) is 0 Å². The summed E-state index contributed by atoms with van der Waals surface area (Å²) in [4.78, 5) is 19.5. The van der Waals surface area contributed by atoms with Crippen LogP contribution in [0.15, 0.2) is 36.7 Å². The van der Waals surface area contributed by atoms with E-state index in [0.717, 1.165) is 11.4 Å². The minimum atomic E-state index is 0.00246. The number of pyridine rings is 2. The molecule has 4 nitrogen and oxygen atoms in total. The van der Waals surface area contributed by atoms with Crippen molar-refractivity contribution >= 4 is 5.78 Å². The topological polar surface area (TPSA) is 52.1 Å². The summed E-state index contributed by atoms with van der Waals surface area (Å²) < 4.78 is 5.12. The van der Waals surface area contributed by atoms with Gasteiger partial charge in [-0.2, -0.15) is 0 Å². The molecule has 4 heteroatoms. The molecular formula is C17H24N2O2. The second-order valence-electron chi connectivity index (χ2n) is 3.57. The average molecular weight is 288 g/mol. The normalized spacial score (nSPS) is 8.67. The van der Waals surface area contributed by atoms with Crippen molar-refractivity contribution in [2.24, 2.45) is 0 Å². The van der Waals surface area contributed by atoms with Crippen molar-refractivity contribution in [1.29, 1.82) is 0 Å². The van der Waals surface area contributed by atoms with Crippen LogP contribution in [0.25, 0.3) is 11.4 Å². The van der Waals surface area contributed by atoms with E-state index in [4.69, 9.17) is 4.74 Å². The lowest BCUT2D eigenvalue weighted by Gasteiger charge is -2.03. The second-order valence-corrected chi connectivity index (χ2v) is 3.57. The fraction of sp³-hybridized carbons (Fsp3) is 0.353. The molecule has 0 N–H and O–H groups in total. The van der Waals surface area contributed by atoms with Crippen molar-refractivity contribution in [2.75, 3.05) is 7.11 Å². The second kappa shape index (κ2) is 10.5. The Hall–Kier alpha value is -2.23. The van der Waals surface area contributed by atoms with E-state index in [9.17, 15) is 4.79 Å². The Balaban J connectivity index is 0.000000921. The number of nitrogens with zero attached hydrogens (tertiary/aromatic N) is 2. The van der Waals surface area contributed by atoms with E-state index in [2.05, 4.69) is 9.97 Å². The van der Waals surface area contributed by atoms with Crippen molar-refractivity contribution < 1.29 is 9.53 Å². The van der Waals surface area contributed by atoms with E-state index < -0.39 is 0 Å². The number of hydrogen-bond donors (Lipinski definition) is 0. The maximum Gasteiger partial charge on any atom is 0.161 e. The van der Waals surface area contributed by atoms with Gasteiger partial charge in [-0.05, 0) is 25.1 Å². The first-order chi connectivity index (χ1) is 10.2. The molecule has 114 valence electrons. The van der Waals surface area contributed by atoms with Gasteiger partial charge in [0.1, 0.15) is 5.75 Å². The maximum absolute atomic E-state index is 11.1. The Bertz CT molecular complexity index is 537. The Morgan fingerprint density at radius 1 is 1.00 bits per heavy atom. The van der Waals surface area contributed by atoms with Crippen LogP contribution in [0.4, 0.5) is 0 Å². The lowest BCUT2D eigenvalue weighted by molar-refractivity contribution is 0.101. The third-order valence-electron chi connectivity index (χ3n) is 2.40. The molecule has 0 aliphatic heterocycles. The zero-order valence-electron chi connectivity index (χ0n) is 13.7. The maximum atomic E-state index is 11.1. The molecule has 0 bridgehead atoms. The molecule has 0 unspecified atom stereocenters. The van der Waals surface area contributed by atoms with Gasteiger partial charge < -0.3 is 4.74 Å². The summed E-state index contributed by atoms with van der Waals surface area (Å²) in [7, 11) is 1.60. The number of rotatable bonds is 3. The fourth-order valence-electron chi connectivity index (χ4n) is 1.43. The largest absolute Gasteiger partial charge is 0.497 e. The summed E-state index contributed by atoms with van der Waals surface area (Å²) >= 11 is 0. The molecule has 21 heavy (non-hydrogen) atoms. The Morgan fingerprint density at radius 3 is 2.14 bits per heavy atom. The van der Waals surface area contributed by atoms with E-state index >= 15 is 0 Å². The number of ether oxygens (including phenoxy) is 1. The molecule has 0 spiro atoms. The standard InChI is InChI=1S/C13H12N2O2.2C2H6/c1-9(16)10-3-4-12(15-8-10)13-7-11(17-2)5-6-14-13;2*1-2/h3-8H,1-2H3;2*1-2H3. The highest BCUT2D eigenvalue weighted by molar-refractivity contribution is 5.93. The van der Waals surface area contributed by atoms with Crippen LogP contribution in [-0.4, -0.2) is 22.9 Å². The SMILES string of the molecule is CC.CC.COc1ccnc(-c2ccc(C(C)=O)cn2)c1. The molecule has 2 rings (SSSR count). The Labute approximate surface area is 127 Å². The van der Waals surface area contributed by atoms with Gasteiger partial charge in [-0.1, -0.05) is 27.7 Å². The van der Waals surface area contributed by atoms with Crippen LogP contribution in [0.1, 0.15) is 45.0 Å². The minimum Gasteiger partial charge on any atom is -0.497 e. The summed E-state index contributed by atoms with van der Waals surface area (Å²) in [5.41, 5.74) is 2.03. The number of methoxy groups -OCH3 is 1. The molecule has 2 heterocycles. The van der Waals surface area contributed by atoms with Crippen molar-refractivity contribution in [3.63, 3.8) is 0 Å². The fourth-order valence-corrected chi connectivity index (χ4v) is 1.43. The number of carbonyl (C=O) groups excluding carboxylic acids is 1. The van der Waals surface area contributed by atoms with Gasteiger partial charge in [-0.3, -0.25) is 14.8 Å². The zero-order valence-corrected chi connectivity index (χ0v) is 13.7. The highest BCUT2D eigenvalue weighted by Gasteiger charge is 2.04. The molecular weight excluding hydrogens is 264 g/mol. The number of carbonyl (C=O) groups is 1. The van der Waals surface area contributed by atoms with Crippen LogP contribution >= 0.6 is 0 Å². The summed E-state index contributed by atoms with van der Waals surface area (Å²) in [6, 6.07) is 7.09. The van der Waals surface area contributed by atoms with Gasteiger partial charge in [0, 0.05) is 24.0 Å². The summed E-state index contributed by atoms with van der Waals surface area (Å²) in [5.74, 6) is 0.732. The van der Waals surface area contributed by atoms with Crippen molar-refractivity contribution in [3.05, 3.63) is 42.2 Å². The molecule has 0 aromatic carbocycles. The van der Waals surface area contributed by atoms with E-state index in [1.165, 1.54) is 6.92 Å². The lowest BCUT2D eigenvalue weighted by Crippen LogP contribution is -1.94. The number of Topliss-reactive ketones (excluding diaryl/α,β-unsaturated/α-hetero) is 1. The number of hydrogen-bond acceptors (Lipinski definition) is 4. The molecule has 0 radical (unpaired) electrons. The van der Waals surface area contributed by atoms with Gasteiger partial charge in [-0.15, -0.1) is 0 Å². The lowest BCUT2D eigenvalue weighted by atomic mass is 10.1. The molecule has 0 amide bonds. The van der Waals surface area contributed by atoms with E-state index in [1.54, 1.807) is 43.8 Å². The molecule has 0 fully saturated rings. The van der Waals surface area contributed by atoms with Gasteiger partial charge in [0.2, 0.25) is 0 Å². The Kier molecular flexibility index (Phi) is 9.43. The zero-order chi connectivity index (χ0) is 16.3. The van der Waals surface area contributed by atoms with Crippen LogP contribution in [0.3, 0.4) is 0 Å². The predicted octanol–water partition coefficient (Wildman–Crippen LogP) is 4.41. The predicted molar refractivity (Wildman–Crippen MR) is 86.7 cm³/mol. The van der Waals surface area contributed by atoms with E-state index in [1.807, 2.05) is 27.7 Å². The third kappa shape index (κ3) is 5.73. The molecule has 2 aromatic heterocycles. The van der Waals surface area contributed by atoms with E-state index in [-0.39, 0.29) is 5.78 Å². The first-order valence-corrected chi connectivity index (χ1v) is 7.18. The van der Waals surface area contributed by atoms with Crippen molar-refractivity contribution in [3.8, 4) is 17.1 Å². The molecule has 2 aromatic rings. The molecule has 0 atom stereocenters. The van der Waals surface area contributed by atoms with Gasteiger partial charge in [0.25, 0.3) is 0 Å². The van der Waals surface area contributed by atoms with Gasteiger partial charge in [-0.25, -0.2) is 0 Å². The molecule has 0 saturated carbocycles. The van der Waals surface area contributed by atoms with Crippen molar-refractivity contribution in [1.82, 2.24) is 9.97 Å². The first kappa shape index (κ1) is 18.8. The summed E-state index contributed by atoms with van der Waals surface area (Å²) in [5, 5.41) is 0. The van der Waals surface area contributed by atoms with Gasteiger partial charge in [0.15, 0.2) is 5.78 Å². The monoisotopic (exact) mass is 288 g/mol. The quantitative estimate of drug-likeness (QED) is 0.785. The van der Waals surface area contributed by atoms with Crippen LogP contribution in [0, 0.1) is 0 Å². The summed E-state index contributed by atoms with van der Waals surface area (Å²) in [6.45, 7) is 9.51. The molecule has 0 aliphatic carbocycles. The number of aromatic nitrogens is 2. The average Bonchev–Trinajstić information content (AvgIpc) is 2.58. The van der Waals surface area contributed by atoms with Gasteiger partial charge in [0.05, 0.1) is 18.5 Å². The highest BCUT2D eigenvalue weighted by Crippen LogP contribution is 2.19. The third-order valence-corrected chi connectivity index (χ3v) is 2.40. The highest BCUT2D eigenvalue weighted by atomic mass is 16.5.